The number of aryl methyl sites for hydroxylation is 2. The Kier molecular flexibility index (Phi) is 17.3. The molecule has 8 nitrogen and oxygen atoms in total. The number of hydrogen-bond acceptors (Lipinski definition) is 5. The van der Waals surface area contributed by atoms with Gasteiger partial charge in [0, 0.05) is 77.5 Å². The van der Waals surface area contributed by atoms with Crippen molar-refractivity contribution in [3.63, 3.8) is 0 Å². The summed E-state index contributed by atoms with van der Waals surface area (Å²) in [6.07, 6.45) is 18.6. The van der Waals surface area contributed by atoms with Crippen LogP contribution in [0.1, 0.15) is 129 Å². The highest BCUT2D eigenvalue weighted by molar-refractivity contribution is 6.40. The molecule has 350 valence electrons. The third-order valence-corrected chi connectivity index (χ3v) is 12.8. The van der Waals surface area contributed by atoms with Gasteiger partial charge in [-0.3, -0.25) is 14.4 Å². The van der Waals surface area contributed by atoms with Gasteiger partial charge in [-0.25, -0.2) is 0 Å². The summed E-state index contributed by atoms with van der Waals surface area (Å²) in [6.45, 7) is 10.5. The van der Waals surface area contributed by atoms with Crippen LogP contribution in [0.4, 0.5) is 22.7 Å². The molecule has 0 bridgehead atoms. The van der Waals surface area contributed by atoms with E-state index in [2.05, 4.69) is 96.3 Å². The highest BCUT2D eigenvalue weighted by Gasteiger charge is 2.40. The second kappa shape index (κ2) is 24.1. The van der Waals surface area contributed by atoms with E-state index in [-0.39, 0.29) is 28.7 Å². The van der Waals surface area contributed by atoms with E-state index in [0.29, 0.717) is 33.6 Å². The number of aliphatic hydroxyl groups excluding tert-OH is 1. The number of aliphatic hydroxyl groups is 1. The van der Waals surface area contributed by atoms with Gasteiger partial charge >= 0.3 is 0 Å². The molecule has 2 amide bonds. The van der Waals surface area contributed by atoms with E-state index in [1.165, 1.54) is 11.1 Å². The first-order valence-electron chi connectivity index (χ1n) is 24.8. The quantitative estimate of drug-likeness (QED) is 0.0365. The zero-order valence-electron chi connectivity index (χ0n) is 40.3. The summed E-state index contributed by atoms with van der Waals surface area (Å²) < 4.78 is 2.15. The SMILES string of the molecule is CCCCCN(CCCCC)c1ccc(C2=C(O)C(=C3C=CC(=[N+](c4ccc(CCCC)cc4)c4ccc(CCCC)cc4)C=C3NC(=O)c3ccccc3)C2=O)c(NC(=O)c2ccccc2)c1. The smallest absolute Gasteiger partial charge is 0.255 e. The van der Waals surface area contributed by atoms with Crippen molar-refractivity contribution in [2.24, 2.45) is 0 Å². The van der Waals surface area contributed by atoms with E-state index >= 15 is 0 Å². The van der Waals surface area contributed by atoms with Crippen LogP contribution >= 0.6 is 0 Å². The van der Waals surface area contributed by atoms with E-state index < -0.39 is 5.78 Å². The molecule has 3 N–H and O–H groups in total. The zero-order valence-corrected chi connectivity index (χ0v) is 40.3. The number of carbonyl (C=O) groups excluding carboxylic acids is 3. The lowest BCUT2D eigenvalue weighted by Crippen LogP contribution is -2.31. The van der Waals surface area contributed by atoms with Crippen molar-refractivity contribution in [3.8, 4) is 0 Å². The molecule has 8 heteroatoms. The van der Waals surface area contributed by atoms with Crippen LogP contribution in [-0.4, -0.2) is 41.5 Å². The summed E-state index contributed by atoms with van der Waals surface area (Å²) >= 11 is 0. The number of carbonyl (C=O) groups is 3. The monoisotopic (exact) mass is 908 g/mol. The molecule has 0 heterocycles. The van der Waals surface area contributed by atoms with Gasteiger partial charge in [-0.15, -0.1) is 0 Å². The largest absolute Gasteiger partial charge is 0.506 e. The second-order valence-electron chi connectivity index (χ2n) is 17.8. The van der Waals surface area contributed by atoms with E-state index in [4.69, 9.17) is 0 Å². The third kappa shape index (κ3) is 11.9. The predicted octanol–water partition coefficient (Wildman–Crippen LogP) is 13.8. The Hall–Kier alpha value is -7.06. The number of anilines is 2. The summed E-state index contributed by atoms with van der Waals surface area (Å²) in [7, 11) is 0. The number of hydrogen-bond donors (Lipinski definition) is 3. The third-order valence-electron chi connectivity index (χ3n) is 12.8. The molecule has 5 aromatic carbocycles. The average molecular weight is 908 g/mol. The van der Waals surface area contributed by atoms with Gasteiger partial charge in [-0.1, -0.05) is 127 Å². The minimum atomic E-state index is -0.390. The van der Waals surface area contributed by atoms with E-state index in [9.17, 15) is 19.5 Å². The van der Waals surface area contributed by atoms with E-state index in [0.717, 1.165) is 113 Å². The Bertz CT molecular complexity index is 2650. The van der Waals surface area contributed by atoms with Gasteiger partial charge in [0.25, 0.3) is 11.8 Å². The van der Waals surface area contributed by atoms with Crippen LogP contribution in [-0.2, 0) is 17.6 Å². The van der Waals surface area contributed by atoms with Crippen molar-refractivity contribution in [3.05, 3.63) is 196 Å². The average Bonchev–Trinajstić information content (AvgIpc) is 3.37. The Morgan fingerprint density at radius 3 is 1.59 bits per heavy atom. The predicted molar refractivity (Wildman–Crippen MR) is 281 cm³/mol. The highest BCUT2D eigenvalue weighted by atomic mass is 16.3. The molecule has 0 atom stereocenters. The standard InChI is InChI=1S/C60H66N4O4/c1-5-9-19-39-63(40-20-10-6-2)49-35-37-51(53(41-49)61-59(67)45-23-15-13-16-24-45)55-57(65)56(58(55)66)52-38-36-50(42-54(52)62-60(68)46-25-17-14-18-26-46)64(47-31-27-43(28-32-47)21-11-7-3)48-33-29-44(30-34-48)22-12-8-4/h13-18,23-38,41-42H,5-12,19-22,39-40H2,1-4H3,(H2,61,62,65,66,67,68)/p+1. The molecule has 0 aliphatic heterocycles. The van der Waals surface area contributed by atoms with E-state index in [1.807, 2.05) is 66.7 Å². The highest BCUT2D eigenvalue weighted by Crippen LogP contribution is 2.44. The molecule has 2 aliphatic carbocycles. The van der Waals surface area contributed by atoms with Crippen molar-refractivity contribution in [1.29, 1.82) is 0 Å². The lowest BCUT2D eigenvalue weighted by Gasteiger charge is -2.29. The van der Waals surface area contributed by atoms with Crippen LogP contribution in [0, 0.1) is 0 Å². The first kappa shape index (κ1) is 48.9. The van der Waals surface area contributed by atoms with Crippen molar-refractivity contribution in [1.82, 2.24) is 9.89 Å². The molecule has 0 spiro atoms. The van der Waals surface area contributed by atoms with Gasteiger partial charge in [0.15, 0.2) is 0 Å². The Morgan fingerprint density at radius 1 is 0.574 bits per heavy atom. The number of nitrogens with zero attached hydrogens (tertiary/aromatic N) is 2. The Balaban J connectivity index is 1.35. The van der Waals surface area contributed by atoms with Gasteiger partial charge < -0.3 is 20.6 Å². The summed E-state index contributed by atoms with van der Waals surface area (Å²) in [4.78, 5) is 44.9. The van der Waals surface area contributed by atoms with Crippen LogP contribution < -0.4 is 20.1 Å². The lowest BCUT2D eigenvalue weighted by molar-refractivity contribution is -0.111. The van der Waals surface area contributed by atoms with E-state index in [1.54, 1.807) is 30.3 Å². The van der Waals surface area contributed by atoms with Gasteiger partial charge in [0.1, 0.15) is 5.76 Å². The van der Waals surface area contributed by atoms with Crippen LogP contribution in [0.25, 0.3) is 5.57 Å². The van der Waals surface area contributed by atoms with Crippen LogP contribution in [0.2, 0.25) is 0 Å². The molecule has 7 rings (SSSR count). The molecule has 0 aromatic heterocycles. The number of rotatable bonds is 22. The van der Waals surface area contributed by atoms with Gasteiger partial charge in [-0.2, -0.15) is 4.58 Å². The first-order valence-corrected chi connectivity index (χ1v) is 24.8. The van der Waals surface area contributed by atoms with Crippen LogP contribution in [0.5, 0.6) is 0 Å². The molecule has 2 aliphatic rings. The van der Waals surface area contributed by atoms with Crippen molar-refractivity contribution in [2.45, 2.75) is 105 Å². The molecule has 0 fully saturated rings. The fraction of sp³-hybridized carbons (Fsp3) is 0.300. The fourth-order valence-corrected chi connectivity index (χ4v) is 8.82. The van der Waals surface area contributed by atoms with Gasteiger partial charge in [0.05, 0.1) is 22.5 Å². The number of unbranched alkanes of at least 4 members (excludes halogenated alkanes) is 6. The number of Topliss-reactive ketones (excluding diaryl/α,β-unsaturated/α-hetero) is 1. The maximum atomic E-state index is 14.7. The minimum Gasteiger partial charge on any atom is -0.506 e. The Labute approximate surface area is 403 Å². The number of nitrogens with one attached hydrogen (secondary N) is 2. The lowest BCUT2D eigenvalue weighted by atomic mass is 9.78. The second-order valence-corrected chi connectivity index (χ2v) is 17.8. The van der Waals surface area contributed by atoms with Crippen molar-refractivity contribution in [2.75, 3.05) is 23.3 Å². The summed E-state index contributed by atoms with van der Waals surface area (Å²) in [5, 5.41) is 18.4. The fourth-order valence-electron chi connectivity index (χ4n) is 8.82. The molecule has 68 heavy (non-hydrogen) atoms. The van der Waals surface area contributed by atoms with Gasteiger partial charge in [0.2, 0.25) is 22.9 Å². The molecule has 0 saturated heterocycles. The number of benzene rings is 5. The first-order chi connectivity index (χ1) is 33.2. The number of allylic oxidation sites excluding steroid dienone is 5. The van der Waals surface area contributed by atoms with Crippen molar-refractivity contribution < 1.29 is 19.5 Å². The van der Waals surface area contributed by atoms with Crippen LogP contribution in [0.15, 0.2) is 168 Å². The van der Waals surface area contributed by atoms with Crippen LogP contribution in [0.3, 0.4) is 0 Å². The van der Waals surface area contributed by atoms with Gasteiger partial charge in [-0.05, 0) is 98.2 Å². The topological polar surface area (TPSA) is 102 Å². The van der Waals surface area contributed by atoms with Crippen molar-refractivity contribution >= 4 is 51.6 Å². The number of ketones is 1. The molecule has 0 radical (unpaired) electrons. The molecular weight excluding hydrogens is 841 g/mol. The maximum absolute atomic E-state index is 14.7. The summed E-state index contributed by atoms with van der Waals surface area (Å²) in [6, 6.07) is 40.9. The minimum absolute atomic E-state index is 0.0900. The molecule has 0 unspecified atom stereocenters. The summed E-state index contributed by atoms with van der Waals surface area (Å²) in [5.74, 6) is -1.26. The molecule has 5 aromatic rings. The number of amides is 2. The maximum Gasteiger partial charge on any atom is 0.255 e. The normalized spacial score (nSPS) is 14.4. The molecule has 0 saturated carbocycles. The zero-order chi connectivity index (χ0) is 47.8. The molecular formula is C60H67N4O4+. The Morgan fingerprint density at radius 2 is 1.09 bits per heavy atom. The summed E-state index contributed by atoms with van der Waals surface area (Å²) in [5.41, 5.74) is 8.88.